The van der Waals surface area contributed by atoms with E-state index >= 15 is 0 Å². The predicted molar refractivity (Wildman–Crippen MR) is 125 cm³/mol. The van der Waals surface area contributed by atoms with Gasteiger partial charge in [-0.05, 0) is 62.1 Å². The average molecular weight is 373 g/mol. The van der Waals surface area contributed by atoms with E-state index in [1.807, 2.05) is 0 Å². The van der Waals surface area contributed by atoms with Crippen LogP contribution in [0.25, 0.3) is 33.9 Å². The lowest BCUT2D eigenvalue weighted by molar-refractivity contribution is 0.866. The molecule has 0 radical (unpaired) electrons. The third-order valence-electron chi connectivity index (χ3n) is 5.84. The van der Waals surface area contributed by atoms with Crippen molar-refractivity contribution < 1.29 is 0 Å². The van der Waals surface area contributed by atoms with Gasteiger partial charge < -0.3 is 0 Å². The second kappa shape index (κ2) is 7.22. The molecule has 0 N–H and O–H groups in total. The Morgan fingerprint density at radius 1 is 0.552 bits per heavy atom. The van der Waals surface area contributed by atoms with E-state index < -0.39 is 0 Å². The Hall–Kier alpha value is -3.38. The molecule has 4 aromatic carbocycles. The van der Waals surface area contributed by atoms with Crippen LogP contribution in [0.2, 0.25) is 0 Å². The lowest BCUT2D eigenvalue weighted by Crippen LogP contribution is -1.90. The predicted octanol–water partition coefficient (Wildman–Crippen LogP) is 8.05. The van der Waals surface area contributed by atoms with E-state index in [1.54, 1.807) is 0 Å². The van der Waals surface area contributed by atoms with Gasteiger partial charge in [0.1, 0.15) is 0 Å². The summed E-state index contributed by atoms with van der Waals surface area (Å²) < 4.78 is 0. The number of benzene rings is 4. The van der Waals surface area contributed by atoms with E-state index in [2.05, 4.69) is 117 Å². The topological polar surface area (TPSA) is 0 Å². The number of hydrogen-bond acceptors (Lipinski definition) is 0. The molecule has 0 unspecified atom stereocenters. The first-order chi connectivity index (χ1) is 14.2. The molecule has 4 aromatic rings. The Morgan fingerprint density at radius 2 is 1.17 bits per heavy atom. The lowest BCUT2D eigenvalue weighted by atomic mass is 9.95. The summed E-state index contributed by atoms with van der Waals surface area (Å²) >= 11 is 0. The van der Waals surface area contributed by atoms with Crippen molar-refractivity contribution >= 4 is 11.6 Å². The van der Waals surface area contributed by atoms with Gasteiger partial charge in [-0.2, -0.15) is 0 Å². The second-order valence-corrected chi connectivity index (χ2v) is 8.05. The summed E-state index contributed by atoms with van der Waals surface area (Å²) in [5, 5.41) is 0. The van der Waals surface area contributed by atoms with Crippen LogP contribution in [0.5, 0.6) is 0 Å². The zero-order chi connectivity index (χ0) is 19.8. The molecule has 1 aliphatic carbocycles. The summed E-state index contributed by atoms with van der Waals surface area (Å²) in [6.45, 7) is 4.52. The molecule has 5 rings (SSSR count). The highest BCUT2D eigenvalue weighted by atomic mass is 14.3. The Balaban J connectivity index is 1.60. The van der Waals surface area contributed by atoms with Gasteiger partial charge >= 0.3 is 0 Å². The third-order valence-corrected chi connectivity index (χ3v) is 5.84. The first-order valence-corrected chi connectivity index (χ1v) is 10.3. The molecule has 0 fully saturated rings. The van der Waals surface area contributed by atoms with Crippen molar-refractivity contribution in [2.24, 2.45) is 0 Å². The molecule has 1 aliphatic rings. The van der Waals surface area contributed by atoms with Crippen LogP contribution in [-0.2, 0) is 0 Å². The summed E-state index contributed by atoms with van der Waals surface area (Å²) in [6, 6.07) is 35.1. The third kappa shape index (κ3) is 3.21. The molecular formula is C29H24. The first-order valence-electron chi connectivity index (χ1n) is 10.3. The van der Waals surface area contributed by atoms with Gasteiger partial charge in [-0.1, -0.05) is 111 Å². The van der Waals surface area contributed by atoms with Crippen LogP contribution in [-0.4, -0.2) is 0 Å². The van der Waals surface area contributed by atoms with Gasteiger partial charge in [0.05, 0.1) is 0 Å². The van der Waals surface area contributed by atoms with Crippen molar-refractivity contribution in [2.45, 2.75) is 19.8 Å². The van der Waals surface area contributed by atoms with Gasteiger partial charge in [0, 0.05) is 0 Å². The van der Waals surface area contributed by atoms with Crippen molar-refractivity contribution in [3.05, 3.63) is 119 Å². The van der Waals surface area contributed by atoms with Crippen LogP contribution in [0.15, 0.2) is 97.1 Å². The smallest absolute Gasteiger partial charge is 0.00929 e. The van der Waals surface area contributed by atoms with Gasteiger partial charge in [0.25, 0.3) is 0 Å². The SMILES string of the molecule is CC(C)c1ccc2c(c1)/C(=C/c1ccc(-c3ccccc3)cc1)c1ccccc1-2. The van der Waals surface area contributed by atoms with E-state index in [-0.39, 0.29) is 0 Å². The summed E-state index contributed by atoms with van der Waals surface area (Å²) in [4.78, 5) is 0. The summed E-state index contributed by atoms with van der Waals surface area (Å²) in [5.74, 6) is 0.524. The summed E-state index contributed by atoms with van der Waals surface area (Å²) in [5.41, 5.74) is 11.8. The molecule has 140 valence electrons. The van der Waals surface area contributed by atoms with Crippen LogP contribution in [0.3, 0.4) is 0 Å². The molecule has 0 spiro atoms. The fourth-order valence-electron chi connectivity index (χ4n) is 4.20. The minimum Gasteiger partial charge on any atom is -0.0622 e. The van der Waals surface area contributed by atoms with E-state index in [4.69, 9.17) is 0 Å². The molecule has 0 bridgehead atoms. The number of fused-ring (bicyclic) bond motifs is 3. The molecule has 0 amide bonds. The van der Waals surface area contributed by atoms with Gasteiger partial charge in [-0.3, -0.25) is 0 Å². The fraction of sp³-hybridized carbons (Fsp3) is 0.103. The van der Waals surface area contributed by atoms with Gasteiger partial charge in [0.15, 0.2) is 0 Å². The molecule has 0 nitrogen and oxygen atoms in total. The number of hydrogen-bond donors (Lipinski definition) is 0. The lowest BCUT2D eigenvalue weighted by Gasteiger charge is -2.09. The van der Waals surface area contributed by atoms with Crippen LogP contribution in [0.1, 0.15) is 42.0 Å². The first kappa shape index (κ1) is 17.7. The van der Waals surface area contributed by atoms with Gasteiger partial charge in [-0.15, -0.1) is 0 Å². The fourth-order valence-corrected chi connectivity index (χ4v) is 4.20. The molecule has 0 heteroatoms. The molecule has 0 heterocycles. The molecule has 0 atom stereocenters. The average Bonchev–Trinajstić information content (AvgIpc) is 3.08. The largest absolute Gasteiger partial charge is 0.0622 e. The minimum absolute atomic E-state index is 0.524. The highest BCUT2D eigenvalue weighted by Gasteiger charge is 2.23. The van der Waals surface area contributed by atoms with E-state index in [0.717, 1.165) is 0 Å². The van der Waals surface area contributed by atoms with Crippen molar-refractivity contribution in [3.63, 3.8) is 0 Å². The Kier molecular flexibility index (Phi) is 4.41. The van der Waals surface area contributed by atoms with Crippen LogP contribution in [0, 0.1) is 0 Å². The normalized spacial score (nSPS) is 13.6. The zero-order valence-corrected chi connectivity index (χ0v) is 16.9. The number of rotatable bonds is 3. The van der Waals surface area contributed by atoms with E-state index in [0.29, 0.717) is 5.92 Å². The Bertz CT molecular complexity index is 1190. The van der Waals surface area contributed by atoms with Crippen LogP contribution >= 0.6 is 0 Å². The zero-order valence-electron chi connectivity index (χ0n) is 16.9. The molecule has 0 saturated carbocycles. The summed E-state index contributed by atoms with van der Waals surface area (Å²) in [7, 11) is 0. The van der Waals surface area contributed by atoms with Crippen molar-refractivity contribution in [2.75, 3.05) is 0 Å². The Labute approximate surface area is 173 Å². The summed E-state index contributed by atoms with van der Waals surface area (Å²) in [6.07, 6.45) is 2.34. The maximum atomic E-state index is 2.38. The minimum atomic E-state index is 0.524. The second-order valence-electron chi connectivity index (χ2n) is 8.05. The molecule has 0 aromatic heterocycles. The van der Waals surface area contributed by atoms with Gasteiger partial charge in [-0.25, -0.2) is 0 Å². The van der Waals surface area contributed by atoms with Crippen molar-refractivity contribution in [1.82, 2.24) is 0 Å². The van der Waals surface area contributed by atoms with Crippen LogP contribution < -0.4 is 0 Å². The van der Waals surface area contributed by atoms with Crippen molar-refractivity contribution in [1.29, 1.82) is 0 Å². The quantitative estimate of drug-likeness (QED) is 0.300. The van der Waals surface area contributed by atoms with E-state index in [9.17, 15) is 0 Å². The maximum absolute atomic E-state index is 2.38. The van der Waals surface area contributed by atoms with E-state index in [1.165, 1.54) is 50.1 Å². The monoisotopic (exact) mass is 372 g/mol. The standard InChI is InChI=1S/C29H24/c1-20(2)24-16-17-27-25-10-6-7-11-26(25)28(29(27)19-24)18-21-12-14-23(15-13-21)22-8-4-3-5-9-22/h3-20H,1-2H3/b28-18+. The maximum Gasteiger partial charge on any atom is -0.00929 e. The molecule has 29 heavy (non-hydrogen) atoms. The van der Waals surface area contributed by atoms with Gasteiger partial charge in [0.2, 0.25) is 0 Å². The Morgan fingerprint density at radius 3 is 1.90 bits per heavy atom. The molecular weight excluding hydrogens is 348 g/mol. The molecule has 0 saturated heterocycles. The highest BCUT2D eigenvalue weighted by molar-refractivity contribution is 6.06. The highest BCUT2D eigenvalue weighted by Crippen LogP contribution is 2.45. The van der Waals surface area contributed by atoms with Crippen LogP contribution in [0.4, 0.5) is 0 Å². The molecule has 0 aliphatic heterocycles. The van der Waals surface area contributed by atoms with Crippen molar-refractivity contribution in [3.8, 4) is 22.3 Å².